The van der Waals surface area contributed by atoms with Crippen molar-refractivity contribution in [3.8, 4) is 5.69 Å². The van der Waals surface area contributed by atoms with Crippen LogP contribution in [0.15, 0.2) is 48.0 Å². The average molecular weight is 453 g/mol. The number of nitrogens with zero attached hydrogens (tertiary/aromatic N) is 4. The minimum atomic E-state index is -3.84. The quantitative estimate of drug-likeness (QED) is 0.568. The standard InChI is InChI=1S/C23H28N6O2S/c1-3-19-26-27-21(23-11-9-22(23,10-12-23)13-14-24)29(19)18-8-15-28(20(18)25)32(30,31)17-6-4-16(2)5-7-17/h3-8,15H,1,9-14,24-25H2,2H3. The zero-order valence-electron chi connectivity index (χ0n) is 18.2. The minimum absolute atomic E-state index is 0.0923. The molecule has 0 saturated heterocycles. The van der Waals surface area contributed by atoms with Crippen LogP contribution in [0.5, 0.6) is 0 Å². The van der Waals surface area contributed by atoms with Gasteiger partial charge in [0.2, 0.25) is 0 Å². The second-order valence-corrected chi connectivity index (χ2v) is 10.8. The molecule has 0 unspecified atom stereocenters. The van der Waals surface area contributed by atoms with Gasteiger partial charge >= 0.3 is 0 Å². The minimum Gasteiger partial charge on any atom is -0.383 e. The molecular formula is C23H28N6O2S. The van der Waals surface area contributed by atoms with E-state index in [2.05, 4.69) is 16.8 Å². The highest BCUT2D eigenvalue weighted by molar-refractivity contribution is 7.90. The molecule has 2 fully saturated rings. The highest BCUT2D eigenvalue weighted by Gasteiger charge is 2.67. The van der Waals surface area contributed by atoms with Crippen molar-refractivity contribution in [1.29, 1.82) is 0 Å². The monoisotopic (exact) mass is 452 g/mol. The van der Waals surface area contributed by atoms with Crippen LogP contribution < -0.4 is 11.5 Å². The molecule has 5 rings (SSSR count). The van der Waals surface area contributed by atoms with Crippen molar-refractivity contribution in [3.63, 3.8) is 0 Å². The Kier molecular flexibility index (Phi) is 4.62. The highest BCUT2D eigenvalue weighted by Crippen LogP contribution is 2.72. The lowest BCUT2D eigenvalue weighted by Crippen LogP contribution is -2.64. The molecule has 0 spiro atoms. The Morgan fingerprint density at radius 1 is 1.12 bits per heavy atom. The number of hydrogen-bond donors (Lipinski definition) is 2. The first-order chi connectivity index (χ1) is 15.3. The normalized spacial score (nSPS) is 24.4. The lowest BCUT2D eigenvalue weighted by molar-refractivity contribution is -0.123. The van der Waals surface area contributed by atoms with Crippen molar-refractivity contribution in [2.75, 3.05) is 12.3 Å². The van der Waals surface area contributed by atoms with E-state index in [9.17, 15) is 8.42 Å². The van der Waals surface area contributed by atoms with E-state index in [4.69, 9.17) is 11.5 Å². The van der Waals surface area contributed by atoms with Crippen LogP contribution in [0.4, 0.5) is 5.82 Å². The van der Waals surface area contributed by atoms with Crippen molar-refractivity contribution in [2.45, 2.75) is 49.3 Å². The summed E-state index contributed by atoms with van der Waals surface area (Å²) in [5.41, 5.74) is 14.0. The van der Waals surface area contributed by atoms with Crippen molar-refractivity contribution < 1.29 is 8.42 Å². The maximum Gasteiger partial charge on any atom is 0.269 e. The van der Waals surface area contributed by atoms with Gasteiger partial charge in [-0.1, -0.05) is 24.3 Å². The summed E-state index contributed by atoms with van der Waals surface area (Å²) in [6.45, 7) is 6.43. The molecule has 32 heavy (non-hydrogen) atoms. The van der Waals surface area contributed by atoms with Gasteiger partial charge < -0.3 is 11.5 Å². The molecule has 8 nitrogen and oxygen atoms in total. The van der Waals surface area contributed by atoms with Crippen LogP contribution in [0.1, 0.15) is 49.3 Å². The Labute approximate surface area is 188 Å². The molecule has 0 bridgehead atoms. The molecule has 0 radical (unpaired) electrons. The molecular weight excluding hydrogens is 424 g/mol. The van der Waals surface area contributed by atoms with Crippen molar-refractivity contribution in [3.05, 3.63) is 60.3 Å². The molecule has 2 aliphatic carbocycles. The Bertz CT molecular complexity index is 1290. The first-order valence-corrected chi connectivity index (χ1v) is 12.3. The van der Waals surface area contributed by atoms with E-state index in [-0.39, 0.29) is 21.5 Å². The molecule has 168 valence electrons. The predicted octanol–water partition coefficient (Wildman–Crippen LogP) is 3.00. The maximum absolute atomic E-state index is 13.3. The van der Waals surface area contributed by atoms with E-state index < -0.39 is 10.0 Å². The first kappa shape index (κ1) is 21.0. The third kappa shape index (κ3) is 2.61. The number of rotatable bonds is 7. The number of benzene rings is 1. The Balaban J connectivity index is 1.62. The van der Waals surface area contributed by atoms with E-state index in [0.29, 0.717) is 18.1 Å². The number of hydrogen-bond acceptors (Lipinski definition) is 6. The predicted molar refractivity (Wildman–Crippen MR) is 124 cm³/mol. The van der Waals surface area contributed by atoms with Crippen LogP contribution >= 0.6 is 0 Å². The van der Waals surface area contributed by atoms with Gasteiger partial charge in [-0.2, -0.15) is 0 Å². The summed E-state index contributed by atoms with van der Waals surface area (Å²) < 4.78 is 29.5. The van der Waals surface area contributed by atoms with E-state index in [1.165, 1.54) is 6.20 Å². The lowest BCUT2D eigenvalue weighted by atomic mass is 9.36. The smallest absolute Gasteiger partial charge is 0.269 e. The molecule has 1 aromatic carbocycles. The third-order valence-electron chi connectivity index (χ3n) is 7.68. The van der Waals surface area contributed by atoms with Crippen molar-refractivity contribution in [2.24, 2.45) is 11.1 Å². The van der Waals surface area contributed by atoms with Crippen LogP contribution in [0.25, 0.3) is 11.8 Å². The van der Waals surface area contributed by atoms with Crippen LogP contribution in [0.2, 0.25) is 0 Å². The number of nitrogen functional groups attached to an aromatic ring is 1. The first-order valence-electron chi connectivity index (χ1n) is 10.9. The molecule has 2 aliphatic rings. The number of anilines is 1. The van der Waals surface area contributed by atoms with Crippen molar-refractivity contribution >= 4 is 21.9 Å². The van der Waals surface area contributed by atoms with E-state index in [0.717, 1.165) is 47.5 Å². The Morgan fingerprint density at radius 3 is 2.38 bits per heavy atom. The van der Waals surface area contributed by atoms with Gasteiger partial charge in [0, 0.05) is 11.6 Å². The van der Waals surface area contributed by atoms with Crippen LogP contribution in [-0.2, 0) is 15.4 Å². The fourth-order valence-electron chi connectivity index (χ4n) is 5.65. The lowest BCUT2D eigenvalue weighted by Gasteiger charge is -2.67. The topological polar surface area (TPSA) is 122 Å². The molecule has 2 aromatic heterocycles. The summed E-state index contributed by atoms with van der Waals surface area (Å²) in [7, 11) is -3.84. The zero-order valence-corrected chi connectivity index (χ0v) is 19.0. The average Bonchev–Trinajstić information content (AvgIpc) is 3.36. The van der Waals surface area contributed by atoms with Gasteiger partial charge in [0.25, 0.3) is 10.0 Å². The van der Waals surface area contributed by atoms with Gasteiger partial charge in [0.15, 0.2) is 5.82 Å². The summed E-state index contributed by atoms with van der Waals surface area (Å²) in [5.74, 6) is 1.50. The summed E-state index contributed by atoms with van der Waals surface area (Å²) in [4.78, 5) is 0.184. The number of aryl methyl sites for hydroxylation is 1. The number of fused-ring (bicyclic) bond motifs is 1. The molecule has 4 N–H and O–H groups in total. The molecule has 2 heterocycles. The summed E-state index contributed by atoms with van der Waals surface area (Å²) >= 11 is 0. The van der Waals surface area contributed by atoms with Gasteiger partial charge in [0.1, 0.15) is 11.6 Å². The Hall–Kier alpha value is -2.91. The van der Waals surface area contributed by atoms with Crippen LogP contribution in [0, 0.1) is 12.3 Å². The van der Waals surface area contributed by atoms with E-state index >= 15 is 0 Å². The van der Waals surface area contributed by atoms with Gasteiger partial charge in [-0.3, -0.25) is 4.57 Å². The summed E-state index contributed by atoms with van der Waals surface area (Å²) in [5, 5.41) is 8.90. The molecule has 2 saturated carbocycles. The maximum atomic E-state index is 13.3. The molecule has 0 aliphatic heterocycles. The SMILES string of the molecule is C=Cc1nnc(C23CCC2(CCN)CC3)n1-c1ccn(S(=O)(=O)c2ccc(C)cc2)c1N. The van der Waals surface area contributed by atoms with E-state index in [1.807, 2.05) is 11.5 Å². The molecule has 9 heteroatoms. The fourth-order valence-corrected chi connectivity index (χ4v) is 6.93. The summed E-state index contributed by atoms with van der Waals surface area (Å²) in [6, 6.07) is 8.42. The fraction of sp³-hybridized carbons (Fsp3) is 0.391. The van der Waals surface area contributed by atoms with Gasteiger partial charge in [-0.15, -0.1) is 10.2 Å². The second kappa shape index (κ2) is 7.05. The second-order valence-electron chi connectivity index (χ2n) is 9.02. The molecule has 3 aromatic rings. The molecule has 0 amide bonds. The van der Waals surface area contributed by atoms with Gasteiger partial charge in [0.05, 0.1) is 10.6 Å². The largest absolute Gasteiger partial charge is 0.383 e. The number of aromatic nitrogens is 4. The highest BCUT2D eigenvalue weighted by atomic mass is 32.2. The zero-order chi connectivity index (χ0) is 22.7. The van der Waals surface area contributed by atoms with Crippen LogP contribution in [0.3, 0.4) is 0 Å². The summed E-state index contributed by atoms with van der Waals surface area (Å²) in [6.07, 6.45) is 8.34. The van der Waals surface area contributed by atoms with E-state index in [1.54, 1.807) is 36.4 Å². The molecule has 0 atom stereocenters. The third-order valence-corrected chi connectivity index (χ3v) is 9.39. The van der Waals surface area contributed by atoms with Crippen LogP contribution in [-0.4, -0.2) is 33.7 Å². The van der Waals surface area contributed by atoms with Gasteiger partial charge in [-0.25, -0.2) is 12.4 Å². The van der Waals surface area contributed by atoms with Crippen molar-refractivity contribution in [1.82, 2.24) is 18.7 Å². The number of nitrogens with two attached hydrogens (primary N) is 2. The Morgan fingerprint density at radius 2 is 1.81 bits per heavy atom. The van der Waals surface area contributed by atoms with Gasteiger partial charge in [-0.05, 0) is 75.3 Å².